The Bertz CT molecular complexity index is 963. The molecule has 1 N–H and O–H groups in total. The summed E-state index contributed by atoms with van der Waals surface area (Å²) in [5, 5.41) is 3.70. The van der Waals surface area contributed by atoms with Gasteiger partial charge >= 0.3 is 0 Å². The topological polar surface area (TPSA) is 68.3 Å². The number of ketones is 1. The SMILES string of the molecule is COc1ccc2cc(C(=O)Nc3ccc(C(C)=O)cc3)c(C)nc2c1. The third kappa shape index (κ3) is 3.50. The van der Waals surface area contributed by atoms with E-state index in [9.17, 15) is 9.59 Å². The quantitative estimate of drug-likeness (QED) is 0.732. The van der Waals surface area contributed by atoms with Gasteiger partial charge in [-0.1, -0.05) is 0 Å². The molecule has 5 nitrogen and oxygen atoms in total. The molecule has 0 bridgehead atoms. The van der Waals surface area contributed by atoms with Gasteiger partial charge in [0.1, 0.15) is 5.75 Å². The average molecular weight is 334 g/mol. The summed E-state index contributed by atoms with van der Waals surface area (Å²) in [4.78, 5) is 28.4. The molecule has 1 amide bonds. The van der Waals surface area contributed by atoms with E-state index in [1.807, 2.05) is 24.3 Å². The first kappa shape index (κ1) is 16.6. The van der Waals surface area contributed by atoms with Crippen molar-refractivity contribution in [2.24, 2.45) is 0 Å². The number of hydrogen-bond donors (Lipinski definition) is 1. The largest absolute Gasteiger partial charge is 0.497 e. The predicted octanol–water partition coefficient (Wildman–Crippen LogP) is 4.01. The molecule has 1 aromatic heterocycles. The van der Waals surface area contributed by atoms with Crippen LogP contribution >= 0.6 is 0 Å². The van der Waals surface area contributed by atoms with Crippen LogP contribution in [0.5, 0.6) is 5.75 Å². The molecule has 25 heavy (non-hydrogen) atoms. The molecule has 2 aromatic carbocycles. The number of aryl methyl sites for hydroxylation is 1. The number of carbonyl (C=O) groups is 2. The molecule has 126 valence electrons. The molecule has 0 saturated heterocycles. The Balaban J connectivity index is 1.88. The summed E-state index contributed by atoms with van der Waals surface area (Å²) in [6.45, 7) is 3.30. The van der Waals surface area contributed by atoms with Gasteiger partial charge in [0.25, 0.3) is 5.91 Å². The van der Waals surface area contributed by atoms with Crippen LogP contribution in [0.15, 0.2) is 48.5 Å². The van der Waals surface area contributed by atoms with E-state index in [4.69, 9.17) is 4.74 Å². The standard InChI is InChI=1S/C20H18N2O3/c1-12-18(10-15-6-9-17(25-3)11-19(15)21-12)20(24)22-16-7-4-14(5-8-16)13(2)23/h4-11H,1-3H3,(H,22,24). The summed E-state index contributed by atoms with van der Waals surface area (Å²) in [5.74, 6) is 0.475. The average Bonchev–Trinajstić information content (AvgIpc) is 2.60. The van der Waals surface area contributed by atoms with E-state index in [1.165, 1.54) is 6.92 Å². The van der Waals surface area contributed by atoms with E-state index in [2.05, 4.69) is 10.3 Å². The number of hydrogen-bond acceptors (Lipinski definition) is 4. The molecule has 0 unspecified atom stereocenters. The summed E-state index contributed by atoms with van der Waals surface area (Å²) in [6.07, 6.45) is 0. The van der Waals surface area contributed by atoms with Gasteiger partial charge in [0.2, 0.25) is 0 Å². The Morgan fingerprint density at radius 2 is 1.76 bits per heavy atom. The second-order valence-electron chi connectivity index (χ2n) is 5.77. The van der Waals surface area contributed by atoms with E-state index in [0.717, 1.165) is 16.7 Å². The van der Waals surface area contributed by atoms with Crippen LogP contribution in [0.25, 0.3) is 10.9 Å². The lowest BCUT2D eigenvalue weighted by Crippen LogP contribution is -2.14. The van der Waals surface area contributed by atoms with Gasteiger partial charge in [-0.2, -0.15) is 0 Å². The van der Waals surface area contributed by atoms with Gasteiger partial charge in [0.15, 0.2) is 5.78 Å². The molecular formula is C20H18N2O3. The van der Waals surface area contributed by atoms with Gasteiger partial charge in [-0.05, 0) is 56.3 Å². The number of Topliss-reactive ketones (excluding diaryl/α,β-unsaturated/α-hetero) is 1. The molecule has 3 aromatic rings. The van der Waals surface area contributed by atoms with Crippen molar-refractivity contribution in [3.8, 4) is 5.75 Å². The first-order valence-electron chi connectivity index (χ1n) is 7.85. The van der Waals surface area contributed by atoms with Crippen LogP contribution < -0.4 is 10.1 Å². The molecule has 3 rings (SSSR count). The van der Waals surface area contributed by atoms with Gasteiger partial charge in [0, 0.05) is 22.7 Å². The maximum Gasteiger partial charge on any atom is 0.257 e. The van der Waals surface area contributed by atoms with Gasteiger partial charge in [-0.25, -0.2) is 0 Å². The smallest absolute Gasteiger partial charge is 0.257 e. The molecule has 0 aliphatic rings. The Hall–Kier alpha value is -3.21. The van der Waals surface area contributed by atoms with Crippen molar-refractivity contribution in [3.63, 3.8) is 0 Å². The minimum atomic E-state index is -0.238. The first-order valence-corrected chi connectivity index (χ1v) is 7.85. The van der Waals surface area contributed by atoms with Crippen LogP contribution in [0.4, 0.5) is 5.69 Å². The van der Waals surface area contributed by atoms with Crippen molar-refractivity contribution in [3.05, 3.63) is 65.4 Å². The highest BCUT2D eigenvalue weighted by atomic mass is 16.5. The third-order valence-electron chi connectivity index (χ3n) is 4.01. The Morgan fingerprint density at radius 3 is 2.40 bits per heavy atom. The Morgan fingerprint density at radius 1 is 1.04 bits per heavy atom. The fourth-order valence-corrected chi connectivity index (χ4v) is 2.59. The number of rotatable bonds is 4. The highest BCUT2D eigenvalue weighted by Gasteiger charge is 2.13. The normalized spacial score (nSPS) is 10.5. The number of fused-ring (bicyclic) bond motifs is 1. The molecule has 0 aliphatic heterocycles. The third-order valence-corrected chi connectivity index (χ3v) is 4.01. The van der Waals surface area contributed by atoms with Crippen LogP contribution in [0.2, 0.25) is 0 Å². The van der Waals surface area contributed by atoms with Crippen LogP contribution in [0.3, 0.4) is 0 Å². The lowest BCUT2D eigenvalue weighted by molar-refractivity contribution is 0.101. The second-order valence-corrected chi connectivity index (χ2v) is 5.77. The molecule has 0 spiro atoms. The molecule has 0 saturated carbocycles. The maximum absolute atomic E-state index is 12.6. The minimum absolute atomic E-state index is 0.0112. The van der Waals surface area contributed by atoms with Crippen LogP contribution in [-0.2, 0) is 0 Å². The van der Waals surface area contributed by atoms with E-state index >= 15 is 0 Å². The molecular weight excluding hydrogens is 316 g/mol. The van der Waals surface area contributed by atoms with Crippen molar-refractivity contribution in [1.29, 1.82) is 0 Å². The summed E-state index contributed by atoms with van der Waals surface area (Å²) >= 11 is 0. The highest BCUT2D eigenvalue weighted by molar-refractivity contribution is 6.07. The molecule has 0 fully saturated rings. The van der Waals surface area contributed by atoms with Crippen molar-refractivity contribution < 1.29 is 14.3 Å². The molecule has 0 aliphatic carbocycles. The van der Waals surface area contributed by atoms with Crippen LogP contribution in [0, 0.1) is 6.92 Å². The van der Waals surface area contributed by atoms with Gasteiger partial charge in [-0.3, -0.25) is 14.6 Å². The fourth-order valence-electron chi connectivity index (χ4n) is 2.59. The number of pyridine rings is 1. The molecule has 1 heterocycles. The highest BCUT2D eigenvalue weighted by Crippen LogP contribution is 2.22. The van der Waals surface area contributed by atoms with E-state index in [1.54, 1.807) is 38.3 Å². The molecule has 0 radical (unpaired) electrons. The van der Waals surface area contributed by atoms with Crippen molar-refractivity contribution in [2.75, 3.05) is 12.4 Å². The Kier molecular flexibility index (Phi) is 4.48. The summed E-state index contributed by atoms with van der Waals surface area (Å²) < 4.78 is 5.20. The van der Waals surface area contributed by atoms with Gasteiger partial charge < -0.3 is 10.1 Å². The number of aromatic nitrogens is 1. The lowest BCUT2D eigenvalue weighted by atomic mass is 10.1. The van der Waals surface area contributed by atoms with E-state index < -0.39 is 0 Å². The minimum Gasteiger partial charge on any atom is -0.497 e. The summed E-state index contributed by atoms with van der Waals surface area (Å²) in [6, 6.07) is 14.2. The fraction of sp³-hybridized carbons (Fsp3) is 0.150. The van der Waals surface area contributed by atoms with Gasteiger partial charge in [0.05, 0.1) is 23.9 Å². The number of amides is 1. The number of carbonyl (C=O) groups excluding carboxylic acids is 2. The zero-order valence-electron chi connectivity index (χ0n) is 14.3. The number of methoxy groups -OCH3 is 1. The Labute approximate surface area is 145 Å². The monoisotopic (exact) mass is 334 g/mol. The number of anilines is 1. The number of nitrogens with zero attached hydrogens (tertiary/aromatic N) is 1. The first-order chi connectivity index (χ1) is 12.0. The lowest BCUT2D eigenvalue weighted by Gasteiger charge is -2.10. The predicted molar refractivity (Wildman–Crippen MR) is 97.4 cm³/mol. The van der Waals surface area contributed by atoms with E-state index in [0.29, 0.717) is 22.5 Å². The van der Waals surface area contributed by atoms with Crippen LogP contribution in [-0.4, -0.2) is 23.8 Å². The number of benzene rings is 2. The molecule has 5 heteroatoms. The zero-order chi connectivity index (χ0) is 18.0. The van der Waals surface area contributed by atoms with Crippen molar-refractivity contribution in [1.82, 2.24) is 4.98 Å². The van der Waals surface area contributed by atoms with E-state index in [-0.39, 0.29) is 11.7 Å². The maximum atomic E-state index is 12.6. The van der Waals surface area contributed by atoms with Crippen LogP contribution in [0.1, 0.15) is 33.3 Å². The van der Waals surface area contributed by atoms with Crippen molar-refractivity contribution >= 4 is 28.3 Å². The summed E-state index contributed by atoms with van der Waals surface area (Å²) in [7, 11) is 1.60. The summed E-state index contributed by atoms with van der Waals surface area (Å²) in [5.41, 5.74) is 3.16. The number of ether oxygens (including phenoxy) is 1. The molecule has 0 atom stereocenters. The van der Waals surface area contributed by atoms with Crippen molar-refractivity contribution in [2.45, 2.75) is 13.8 Å². The van der Waals surface area contributed by atoms with Gasteiger partial charge in [-0.15, -0.1) is 0 Å². The second kappa shape index (κ2) is 6.73. The zero-order valence-corrected chi connectivity index (χ0v) is 14.3. The number of nitrogens with one attached hydrogen (secondary N) is 1.